The number of ether oxygens (including phenoxy) is 1. The van der Waals surface area contributed by atoms with Gasteiger partial charge in [-0.2, -0.15) is 9.98 Å². The smallest absolute Gasteiger partial charge is 0.321 e. The van der Waals surface area contributed by atoms with E-state index in [2.05, 4.69) is 4.72 Å². The lowest BCUT2D eigenvalue weighted by atomic mass is 10.00. The summed E-state index contributed by atoms with van der Waals surface area (Å²) in [5, 5.41) is 9.01. The Balaban J connectivity index is 1.50. The zero-order chi connectivity index (χ0) is 20.9. The molecule has 3 rings (SSSR count). The van der Waals surface area contributed by atoms with Gasteiger partial charge < -0.3 is 9.64 Å². The van der Waals surface area contributed by atoms with Crippen LogP contribution in [0.4, 0.5) is 0 Å². The molecule has 0 unspecified atom stereocenters. The van der Waals surface area contributed by atoms with Gasteiger partial charge in [0.05, 0.1) is 10.5 Å². The number of fused-ring (bicyclic) bond motifs is 1. The molecule has 2 aromatic carbocycles. The number of nitrogens with zero attached hydrogens (tertiary/aromatic N) is 2. The van der Waals surface area contributed by atoms with E-state index in [1.165, 1.54) is 29.8 Å². The number of nitriles is 1. The highest BCUT2D eigenvalue weighted by Crippen LogP contribution is 2.18. The first kappa shape index (κ1) is 20.5. The van der Waals surface area contributed by atoms with Crippen LogP contribution >= 0.6 is 0 Å². The van der Waals surface area contributed by atoms with E-state index in [0.717, 1.165) is 12.0 Å². The van der Waals surface area contributed by atoms with Gasteiger partial charge in [-0.05, 0) is 29.7 Å². The fourth-order valence-corrected chi connectivity index (χ4v) is 4.14. The normalized spacial score (nSPS) is 13.3. The maximum absolute atomic E-state index is 12.3. The lowest BCUT2D eigenvalue weighted by Crippen LogP contribution is -2.39. The minimum atomic E-state index is -4.06. The number of hydrogen-bond donors (Lipinski definition) is 1. The summed E-state index contributed by atoms with van der Waals surface area (Å²) in [5.41, 5.74) is 2.22. The summed E-state index contributed by atoms with van der Waals surface area (Å²) < 4.78 is 31.5. The van der Waals surface area contributed by atoms with Gasteiger partial charge in [0.25, 0.3) is 5.91 Å². The third kappa shape index (κ3) is 4.99. The second-order valence-electron chi connectivity index (χ2n) is 6.43. The monoisotopic (exact) mass is 413 g/mol. The van der Waals surface area contributed by atoms with Crippen LogP contribution in [0.25, 0.3) is 0 Å². The molecule has 0 aromatic heterocycles. The van der Waals surface area contributed by atoms with Gasteiger partial charge in [-0.1, -0.05) is 36.4 Å². The van der Waals surface area contributed by atoms with Gasteiger partial charge in [-0.25, -0.2) is 8.42 Å². The van der Waals surface area contributed by atoms with Gasteiger partial charge in [-0.15, -0.1) is 0 Å². The Bertz CT molecular complexity index is 1080. The van der Waals surface area contributed by atoms with E-state index in [9.17, 15) is 18.0 Å². The topological polar surface area (TPSA) is 117 Å². The summed E-state index contributed by atoms with van der Waals surface area (Å²) >= 11 is 0. The molecular weight excluding hydrogens is 394 g/mol. The van der Waals surface area contributed by atoms with Gasteiger partial charge in [-0.3, -0.25) is 9.59 Å². The highest BCUT2D eigenvalue weighted by atomic mass is 32.2. The van der Waals surface area contributed by atoms with Crippen LogP contribution in [0.15, 0.2) is 53.4 Å². The minimum Gasteiger partial charge on any atom is -0.455 e. The first-order valence-electron chi connectivity index (χ1n) is 8.89. The fraction of sp³-hybridized carbons (Fsp3) is 0.250. The number of sulfonamides is 1. The van der Waals surface area contributed by atoms with Crippen LogP contribution < -0.4 is 4.72 Å². The molecule has 9 heteroatoms. The summed E-state index contributed by atoms with van der Waals surface area (Å²) in [7, 11) is -4.06. The molecule has 150 valence electrons. The number of nitrogens with one attached hydrogen (secondary N) is 1. The van der Waals surface area contributed by atoms with Crippen molar-refractivity contribution in [3.05, 3.63) is 65.2 Å². The molecule has 0 atom stereocenters. The molecule has 0 radical (unpaired) electrons. The summed E-state index contributed by atoms with van der Waals surface area (Å²) in [5.74, 6) is -1.22. The van der Waals surface area contributed by atoms with Crippen LogP contribution in [-0.4, -0.2) is 44.9 Å². The molecule has 1 amide bonds. The van der Waals surface area contributed by atoms with E-state index in [-0.39, 0.29) is 16.4 Å². The van der Waals surface area contributed by atoms with Crippen molar-refractivity contribution in [2.24, 2.45) is 0 Å². The van der Waals surface area contributed by atoms with Crippen molar-refractivity contribution in [1.29, 1.82) is 5.26 Å². The fourth-order valence-electron chi connectivity index (χ4n) is 3.02. The highest BCUT2D eigenvalue weighted by molar-refractivity contribution is 7.89. The molecule has 0 fully saturated rings. The van der Waals surface area contributed by atoms with Crippen LogP contribution in [0.5, 0.6) is 0 Å². The van der Waals surface area contributed by atoms with E-state index in [1.54, 1.807) is 11.0 Å². The lowest BCUT2D eigenvalue weighted by molar-refractivity contribution is -0.151. The van der Waals surface area contributed by atoms with Gasteiger partial charge in [0.15, 0.2) is 6.61 Å². The highest BCUT2D eigenvalue weighted by Gasteiger charge is 2.23. The number of amides is 1. The quantitative estimate of drug-likeness (QED) is 0.705. The van der Waals surface area contributed by atoms with Crippen molar-refractivity contribution in [3.8, 4) is 6.07 Å². The van der Waals surface area contributed by atoms with Crippen LogP contribution in [0.1, 0.15) is 16.7 Å². The summed E-state index contributed by atoms with van der Waals surface area (Å²) in [6.45, 7) is -0.120. The predicted octanol–water partition coefficient (Wildman–Crippen LogP) is 0.965. The maximum atomic E-state index is 12.3. The van der Waals surface area contributed by atoms with Gasteiger partial charge in [0.2, 0.25) is 10.0 Å². The second-order valence-corrected chi connectivity index (χ2v) is 8.16. The van der Waals surface area contributed by atoms with E-state index in [4.69, 9.17) is 10.00 Å². The third-order valence-corrected chi connectivity index (χ3v) is 6.00. The Morgan fingerprint density at radius 1 is 1.10 bits per heavy atom. The van der Waals surface area contributed by atoms with Crippen molar-refractivity contribution in [3.63, 3.8) is 0 Å². The summed E-state index contributed by atoms with van der Waals surface area (Å²) in [6.07, 6.45) is 0.730. The van der Waals surface area contributed by atoms with Gasteiger partial charge in [0.1, 0.15) is 12.6 Å². The molecule has 1 N–H and O–H groups in total. The Morgan fingerprint density at radius 2 is 1.79 bits per heavy atom. The standard InChI is InChI=1S/C20H19N3O5S/c21-11-16-6-3-4-8-18(16)29(26,27)22-12-20(25)28-14-19(24)23-10-9-15-5-1-2-7-17(15)13-23/h1-8,22H,9-10,12-14H2. The molecule has 8 nitrogen and oxygen atoms in total. The third-order valence-electron chi connectivity index (χ3n) is 4.54. The molecular formula is C20H19N3O5S. The second kappa shape index (κ2) is 8.86. The molecule has 0 aliphatic carbocycles. The van der Waals surface area contributed by atoms with Crippen LogP contribution in [-0.2, 0) is 37.3 Å². The van der Waals surface area contributed by atoms with Crippen molar-refractivity contribution in [2.45, 2.75) is 17.9 Å². The SMILES string of the molecule is N#Cc1ccccc1S(=O)(=O)NCC(=O)OCC(=O)N1CCc2ccccc2C1. The van der Waals surface area contributed by atoms with E-state index in [1.807, 2.05) is 24.3 Å². The average molecular weight is 413 g/mol. The molecule has 1 aliphatic rings. The van der Waals surface area contributed by atoms with E-state index < -0.39 is 29.1 Å². The number of rotatable bonds is 6. The summed E-state index contributed by atoms with van der Waals surface area (Å²) in [4.78, 5) is 25.5. The number of hydrogen-bond acceptors (Lipinski definition) is 6. The molecule has 0 saturated heterocycles. The Labute approximate surface area is 168 Å². The predicted molar refractivity (Wildman–Crippen MR) is 103 cm³/mol. The zero-order valence-corrected chi connectivity index (χ0v) is 16.3. The molecule has 0 saturated carbocycles. The average Bonchev–Trinajstić information content (AvgIpc) is 2.75. The van der Waals surface area contributed by atoms with E-state index >= 15 is 0 Å². The largest absolute Gasteiger partial charge is 0.455 e. The minimum absolute atomic E-state index is 0.0334. The first-order valence-corrected chi connectivity index (χ1v) is 10.4. The number of carbonyl (C=O) groups is 2. The van der Waals surface area contributed by atoms with Crippen molar-refractivity contribution >= 4 is 21.9 Å². The molecule has 29 heavy (non-hydrogen) atoms. The molecule has 1 heterocycles. The maximum Gasteiger partial charge on any atom is 0.321 e. The number of benzene rings is 2. The van der Waals surface area contributed by atoms with Gasteiger partial charge >= 0.3 is 5.97 Å². The number of carbonyl (C=O) groups excluding carboxylic acids is 2. The first-order chi connectivity index (χ1) is 13.9. The molecule has 0 bridgehead atoms. The van der Waals surface area contributed by atoms with Crippen molar-refractivity contribution in [2.75, 3.05) is 19.7 Å². The number of esters is 1. The van der Waals surface area contributed by atoms with E-state index in [0.29, 0.717) is 13.1 Å². The molecule has 0 spiro atoms. The molecule has 2 aromatic rings. The Hall–Kier alpha value is -3.22. The van der Waals surface area contributed by atoms with Crippen molar-refractivity contribution in [1.82, 2.24) is 9.62 Å². The Morgan fingerprint density at radius 3 is 2.55 bits per heavy atom. The molecule has 1 aliphatic heterocycles. The van der Waals surface area contributed by atoms with Crippen LogP contribution in [0, 0.1) is 11.3 Å². The van der Waals surface area contributed by atoms with Gasteiger partial charge in [0, 0.05) is 13.1 Å². The Kier molecular flexibility index (Phi) is 6.26. The zero-order valence-electron chi connectivity index (χ0n) is 15.5. The van der Waals surface area contributed by atoms with Crippen LogP contribution in [0.3, 0.4) is 0 Å². The van der Waals surface area contributed by atoms with Crippen molar-refractivity contribution < 1.29 is 22.7 Å². The lowest BCUT2D eigenvalue weighted by Gasteiger charge is -2.28. The van der Waals surface area contributed by atoms with Crippen LogP contribution in [0.2, 0.25) is 0 Å². The summed E-state index contributed by atoms with van der Waals surface area (Å²) in [6, 6.07) is 15.3.